The third kappa shape index (κ3) is 7.74. The summed E-state index contributed by atoms with van der Waals surface area (Å²) in [6.45, 7) is 10.7. The van der Waals surface area contributed by atoms with Crippen molar-refractivity contribution < 1.29 is 19.2 Å². The van der Waals surface area contributed by atoms with Crippen molar-refractivity contribution in [2.24, 2.45) is 5.92 Å². The van der Waals surface area contributed by atoms with Crippen LogP contribution in [0.15, 0.2) is 47.5 Å². The predicted octanol–water partition coefficient (Wildman–Crippen LogP) is 4.59. The maximum atomic E-state index is 13.6. The number of piperazine rings is 1. The molecule has 3 saturated heterocycles. The standard InChI is InChI=1S/C45H53N9O5/c1-28-37-26-47-39(48-42(37)54(33-5-3-4-6-33)45(59)41(28)29(2)55)24-32-7-8-35(25-46-32)51-17-14-30(15-18-51)13-16-50-19-21-52(22-20-50)34-9-10-36-31(23-34)27-53(44(36)58)38-11-12-40(56)49-43(38)57/h7-10,23,25-26,30,33,38H,3-6,11-22,24,27H2,1-2H3,(H,49,56,57). The van der Waals surface area contributed by atoms with E-state index in [2.05, 4.69) is 43.2 Å². The van der Waals surface area contributed by atoms with Crippen molar-refractivity contribution in [2.45, 2.75) is 96.7 Å². The lowest BCUT2D eigenvalue weighted by Crippen LogP contribution is -2.52. The molecule has 1 atom stereocenters. The second-order valence-electron chi connectivity index (χ2n) is 17.2. The summed E-state index contributed by atoms with van der Waals surface area (Å²) in [7, 11) is 0. The lowest BCUT2D eigenvalue weighted by molar-refractivity contribution is -0.136. The normalized spacial score (nSPS) is 20.8. The quantitative estimate of drug-likeness (QED) is 0.177. The topological polar surface area (TPSA) is 154 Å². The number of ketones is 1. The number of carbonyl (C=O) groups excluding carboxylic acids is 4. The van der Waals surface area contributed by atoms with Gasteiger partial charge in [0.1, 0.15) is 17.5 Å². The Kier molecular flexibility index (Phi) is 10.8. The second kappa shape index (κ2) is 16.3. The fourth-order valence-electron chi connectivity index (χ4n) is 10.1. The third-order valence-electron chi connectivity index (χ3n) is 13.5. The number of carbonyl (C=O) groups is 4. The Morgan fingerprint density at radius 2 is 1.59 bits per heavy atom. The number of anilines is 2. The number of piperidine rings is 2. The van der Waals surface area contributed by atoms with Gasteiger partial charge in [0.05, 0.1) is 23.9 Å². The summed E-state index contributed by atoms with van der Waals surface area (Å²) in [6, 6.07) is 9.69. The van der Waals surface area contributed by atoms with Gasteiger partial charge in [-0.05, 0) is 106 Å². The SMILES string of the molecule is CC(=O)c1c(C)c2cnc(Cc3ccc(N4CCC(CCN5CCN(c6ccc7c(c6)CN(C6CCC(=O)NC6=O)C7=O)CC5)CC4)cn3)nc2n(C2CCCC2)c1=O. The first-order chi connectivity index (χ1) is 28.6. The van der Waals surface area contributed by atoms with E-state index in [1.54, 1.807) is 15.7 Å². The van der Waals surface area contributed by atoms with Crippen LogP contribution in [0.4, 0.5) is 11.4 Å². The van der Waals surface area contributed by atoms with E-state index in [1.165, 1.54) is 13.3 Å². The number of nitrogens with one attached hydrogen (secondary N) is 1. The molecule has 308 valence electrons. The smallest absolute Gasteiger partial charge is 0.263 e. The second-order valence-corrected chi connectivity index (χ2v) is 17.2. The molecule has 0 radical (unpaired) electrons. The minimum Gasteiger partial charge on any atom is -0.370 e. The van der Waals surface area contributed by atoms with E-state index < -0.39 is 6.04 Å². The zero-order valence-electron chi connectivity index (χ0n) is 34.1. The molecule has 1 unspecified atom stereocenters. The Labute approximate surface area is 344 Å². The average molecular weight is 800 g/mol. The molecule has 1 N–H and O–H groups in total. The van der Waals surface area contributed by atoms with Crippen molar-refractivity contribution in [3.8, 4) is 0 Å². The van der Waals surface area contributed by atoms with E-state index in [4.69, 9.17) is 9.97 Å². The van der Waals surface area contributed by atoms with Crippen LogP contribution >= 0.6 is 0 Å². The number of pyridine rings is 2. The largest absolute Gasteiger partial charge is 0.370 e. The lowest BCUT2D eigenvalue weighted by Gasteiger charge is -2.38. The van der Waals surface area contributed by atoms with Crippen LogP contribution in [-0.4, -0.2) is 105 Å². The summed E-state index contributed by atoms with van der Waals surface area (Å²) in [6.07, 6.45) is 12.3. The summed E-state index contributed by atoms with van der Waals surface area (Å²) in [5.74, 6) is 0.300. The molecule has 5 aliphatic rings. The lowest BCUT2D eigenvalue weighted by atomic mass is 9.93. The number of hydrogen-bond acceptors (Lipinski definition) is 11. The van der Waals surface area contributed by atoms with Gasteiger partial charge >= 0.3 is 0 Å². The molecule has 14 nitrogen and oxygen atoms in total. The van der Waals surface area contributed by atoms with Crippen LogP contribution in [0.2, 0.25) is 0 Å². The number of benzene rings is 1. The van der Waals surface area contributed by atoms with Crippen LogP contribution in [0.25, 0.3) is 11.0 Å². The summed E-state index contributed by atoms with van der Waals surface area (Å²) in [5.41, 5.74) is 6.00. The van der Waals surface area contributed by atoms with Crippen molar-refractivity contribution in [3.05, 3.63) is 86.9 Å². The van der Waals surface area contributed by atoms with Gasteiger partial charge in [0.2, 0.25) is 11.8 Å². The van der Waals surface area contributed by atoms with Gasteiger partial charge in [-0.25, -0.2) is 9.97 Å². The summed E-state index contributed by atoms with van der Waals surface area (Å²) in [5, 5.41) is 3.14. The molecule has 1 saturated carbocycles. The number of nitrogens with zero attached hydrogens (tertiary/aromatic N) is 8. The molecule has 9 rings (SSSR count). The van der Waals surface area contributed by atoms with Crippen molar-refractivity contribution in [2.75, 3.05) is 55.6 Å². The van der Waals surface area contributed by atoms with E-state index >= 15 is 0 Å². The third-order valence-corrected chi connectivity index (χ3v) is 13.5. The highest BCUT2D eigenvalue weighted by Crippen LogP contribution is 2.33. The number of aromatic nitrogens is 4. The summed E-state index contributed by atoms with van der Waals surface area (Å²) < 4.78 is 1.77. The Morgan fingerprint density at radius 3 is 2.31 bits per heavy atom. The molecule has 1 aromatic carbocycles. The van der Waals surface area contributed by atoms with Crippen LogP contribution in [-0.2, 0) is 22.6 Å². The Bertz CT molecular complexity index is 2360. The van der Waals surface area contributed by atoms with Gasteiger partial charge in [-0.1, -0.05) is 12.8 Å². The first-order valence-corrected chi connectivity index (χ1v) is 21.5. The number of aryl methyl sites for hydroxylation is 1. The molecule has 3 aromatic heterocycles. The maximum absolute atomic E-state index is 13.6. The van der Waals surface area contributed by atoms with E-state index in [0.717, 1.165) is 112 Å². The first kappa shape index (κ1) is 39.0. The number of amides is 3. The van der Waals surface area contributed by atoms with E-state index in [0.29, 0.717) is 47.9 Å². The minimum absolute atomic E-state index is 0.0475. The first-order valence-electron chi connectivity index (χ1n) is 21.5. The van der Waals surface area contributed by atoms with E-state index in [1.807, 2.05) is 25.3 Å². The number of hydrogen-bond donors (Lipinski definition) is 1. The Balaban J connectivity index is 0.746. The van der Waals surface area contributed by atoms with E-state index in [-0.39, 0.29) is 47.1 Å². The van der Waals surface area contributed by atoms with Gasteiger partial charge in [-0.15, -0.1) is 0 Å². The highest BCUT2D eigenvalue weighted by molar-refractivity contribution is 6.05. The van der Waals surface area contributed by atoms with Gasteiger partial charge < -0.3 is 14.7 Å². The van der Waals surface area contributed by atoms with Crippen LogP contribution in [0.1, 0.15) is 114 Å². The maximum Gasteiger partial charge on any atom is 0.263 e. The van der Waals surface area contributed by atoms with Crippen LogP contribution in [0, 0.1) is 12.8 Å². The van der Waals surface area contributed by atoms with Crippen molar-refractivity contribution in [3.63, 3.8) is 0 Å². The van der Waals surface area contributed by atoms with Gasteiger partial charge in [0.15, 0.2) is 5.78 Å². The molecule has 0 spiro atoms. The minimum atomic E-state index is -0.596. The fraction of sp³-hybridized carbons (Fsp3) is 0.511. The van der Waals surface area contributed by atoms with E-state index in [9.17, 15) is 24.0 Å². The molecule has 4 aromatic rings. The number of fused-ring (bicyclic) bond motifs is 2. The van der Waals surface area contributed by atoms with Crippen LogP contribution < -0.4 is 20.7 Å². The van der Waals surface area contributed by atoms with Crippen molar-refractivity contribution in [1.82, 2.24) is 34.6 Å². The number of Topliss-reactive ketones (excluding diaryl/α,β-unsaturated/α-hetero) is 1. The van der Waals surface area contributed by atoms with Gasteiger partial charge in [-0.3, -0.25) is 43.7 Å². The zero-order valence-corrected chi connectivity index (χ0v) is 34.1. The van der Waals surface area contributed by atoms with Crippen LogP contribution in [0.3, 0.4) is 0 Å². The van der Waals surface area contributed by atoms with Gasteiger partial charge in [0.25, 0.3) is 11.5 Å². The molecule has 7 heterocycles. The Hall–Kier alpha value is -5.50. The molecular formula is C45H53N9O5. The highest BCUT2D eigenvalue weighted by Gasteiger charge is 2.39. The Morgan fingerprint density at radius 1 is 0.847 bits per heavy atom. The summed E-state index contributed by atoms with van der Waals surface area (Å²) in [4.78, 5) is 86.7. The predicted molar refractivity (Wildman–Crippen MR) is 224 cm³/mol. The van der Waals surface area contributed by atoms with Gasteiger partial charge in [-0.2, -0.15) is 0 Å². The molecular weight excluding hydrogens is 747 g/mol. The fourth-order valence-corrected chi connectivity index (χ4v) is 10.1. The van der Waals surface area contributed by atoms with Crippen molar-refractivity contribution in [1.29, 1.82) is 0 Å². The molecule has 1 aliphatic carbocycles. The number of rotatable bonds is 10. The highest BCUT2D eigenvalue weighted by atomic mass is 16.2. The van der Waals surface area contributed by atoms with Crippen LogP contribution in [0.5, 0.6) is 0 Å². The summed E-state index contributed by atoms with van der Waals surface area (Å²) >= 11 is 0. The molecule has 14 heteroatoms. The van der Waals surface area contributed by atoms with Crippen molar-refractivity contribution >= 4 is 45.9 Å². The molecule has 3 amide bonds. The zero-order chi connectivity index (χ0) is 40.8. The molecule has 4 aliphatic heterocycles. The average Bonchev–Trinajstić information content (AvgIpc) is 3.88. The number of imide groups is 1. The molecule has 59 heavy (non-hydrogen) atoms. The monoisotopic (exact) mass is 799 g/mol. The molecule has 0 bridgehead atoms. The van der Waals surface area contributed by atoms with Gasteiger partial charge in [0, 0.05) is 86.8 Å². The molecule has 4 fully saturated rings.